The Bertz CT molecular complexity index is 368. The third-order valence-corrected chi connectivity index (χ3v) is 3.79. The maximum Gasteiger partial charge on any atom is 0.471 e. The molecule has 2 aliphatic heterocycles. The number of aliphatic carboxylic acids is 1. The van der Waals surface area contributed by atoms with Crippen LogP contribution in [0.3, 0.4) is 0 Å². The summed E-state index contributed by atoms with van der Waals surface area (Å²) in [7, 11) is 0. The second kappa shape index (κ2) is 2.89. The number of rotatable bonds is 1. The molecule has 3 fully saturated rings. The van der Waals surface area contributed by atoms with Gasteiger partial charge in [0, 0.05) is 6.54 Å². The van der Waals surface area contributed by atoms with Crippen molar-refractivity contribution in [3.05, 3.63) is 0 Å². The van der Waals surface area contributed by atoms with Crippen LogP contribution >= 0.6 is 0 Å². The topological polar surface area (TPSA) is 57.6 Å². The van der Waals surface area contributed by atoms with Crippen LogP contribution in [0.25, 0.3) is 0 Å². The van der Waals surface area contributed by atoms with Crippen LogP contribution < -0.4 is 0 Å². The van der Waals surface area contributed by atoms with Gasteiger partial charge >= 0.3 is 18.1 Å². The van der Waals surface area contributed by atoms with Crippen LogP contribution in [0.1, 0.15) is 13.3 Å². The molecular formula is C9H10F3NO3. The number of fused-ring (bicyclic) bond motifs is 1. The minimum Gasteiger partial charge on any atom is -0.479 e. The summed E-state index contributed by atoms with van der Waals surface area (Å²) in [6, 6.07) is 0. The quantitative estimate of drug-likeness (QED) is 0.736. The zero-order valence-corrected chi connectivity index (χ0v) is 8.41. The highest BCUT2D eigenvalue weighted by atomic mass is 19.4. The fourth-order valence-electron chi connectivity index (χ4n) is 2.78. The van der Waals surface area contributed by atoms with E-state index >= 15 is 0 Å². The van der Waals surface area contributed by atoms with Crippen molar-refractivity contribution < 1.29 is 27.9 Å². The molecule has 3 aliphatic rings. The summed E-state index contributed by atoms with van der Waals surface area (Å²) in [6.45, 7) is 1.47. The van der Waals surface area contributed by atoms with Crippen LogP contribution in [-0.2, 0) is 9.59 Å². The summed E-state index contributed by atoms with van der Waals surface area (Å²) in [5, 5.41) is 9.00. The number of hydrogen-bond acceptors (Lipinski definition) is 2. The molecule has 1 saturated carbocycles. The van der Waals surface area contributed by atoms with Gasteiger partial charge in [-0.15, -0.1) is 0 Å². The number of amides is 1. The number of halogens is 3. The van der Waals surface area contributed by atoms with Crippen molar-refractivity contribution >= 4 is 11.9 Å². The van der Waals surface area contributed by atoms with Crippen LogP contribution in [0.4, 0.5) is 13.2 Å². The Morgan fingerprint density at radius 1 is 1.44 bits per heavy atom. The first-order chi connectivity index (χ1) is 7.21. The number of carboxylic acids is 1. The second-order valence-electron chi connectivity index (χ2n) is 4.40. The van der Waals surface area contributed by atoms with E-state index in [4.69, 9.17) is 5.11 Å². The predicted molar refractivity (Wildman–Crippen MR) is 45.4 cm³/mol. The van der Waals surface area contributed by atoms with E-state index < -0.39 is 29.5 Å². The van der Waals surface area contributed by atoms with Gasteiger partial charge < -0.3 is 10.0 Å². The van der Waals surface area contributed by atoms with Gasteiger partial charge in [-0.05, 0) is 18.3 Å². The van der Waals surface area contributed by atoms with Crippen LogP contribution in [0.15, 0.2) is 0 Å². The summed E-state index contributed by atoms with van der Waals surface area (Å²) in [5.74, 6) is -3.91. The molecule has 0 spiro atoms. The summed E-state index contributed by atoms with van der Waals surface area (Å²) in [6.07, 6.45) is -4.87. The van der Waals surface area contributed by atoms with Crippen LogP contribution in [-0.4, -0.2) is 40.1 Å². The van der Waals surface area contributed by atoms with E-state index in [2.05, 4.69) is 0 Å². The lowest BCUT2D eigenvalue weighted by Crippen LogP contribution is -2.61. The molecule has 1 N–H and O–H groups in total. The SMILES string of the molecule is C[C@@H]1[C@@H]2CN(C(=O)C(F)(F)F)[C@@]1(C(=O)O)C2. The number of carbonyl (C=O) groups is 2. The van der Waals surface area contributed by atoms with Gasteiger partial charge in [-0.3, -0.25) is 4.79 Å². The van der Waals surface area contributed by atoms with Gasteiger partial charge in [0.15, 0.2) is 0 Å². The smallest absolute Gasteiger partial charge is 0.471 e. The summed E-state index contributed by atoms with van der Waals surface area (Å²) in [5.41, 5.74) is -1.63. The summed E-state index contributed by atoms with van der Waals surface area (Å²) in [4.78, 5) is 22.6. The van der Waals surface area contributed by atoms with Crippen molar-refractivity contribution in [1.82, 2.24) is 4.90 Å². The molecule has 16 heavy (non-hydrogen) atoms. The van der Waals surface area contributed by atoms with Crippen molar-refractivity contribution in [3.63, 3.8) is 0 Å². The maximum atomic E-state index is 12.3. The average molecular weight is 237 g/mol. The Kier molecular flexibility index (Phi) is 2.03. The molecule has 2 heterocycles. The minimum absolute atomic E-state index is 0.105. The molecule has 3 rings (SSSR count). The van der Waals surface area contributed by atoms with E-state index in [1.54, 1.807) is 6.92 Å². The van der Waals surface area contributed by atoms with E-state index in [-0.39, 0.29) is 18.9 Å². The first-order valence-electron chi connectivity index (χ1n) is 4.83. The normalized spacial score (nSPS) is 37.1. The molecule has 2 bridgehead atoms. The highest BCUT2D eigenvalue weighted by Gasteiger charge is 2.70. The fraction of sp³-hybridized carbons (Fsp3) is 0.778. The van der Waals surface area contributed by atoms with Gasteiger partial charge in [0.1, 0.15) is 5.54 Å². The zero-order valence-electron chi connectivity index (χ0n) is 8.41. The van der Waals surface area contributed by atoms with Gasteiger partial charge in [-0.2, -0.15) is 13.2 Å². The van der Waals surface area contributed by atoms with Crippen molar-refractivity contribution in [2.45, 2.75) is 25.1 Å². The highest BCUT2D eigenvalue weighted by molar-refractivity contribution is 5.92. The lowest BCUT2D eigenvalue weighted by Gasteiger charge is -2.43. The number of carbonyl (C=O) groups excluding carboxylic acids is 1. The van der Waals surface area contributed by atoms with Crippen molar-refractivity contribution in [2.75, 3.05) is 6.54 Å². The first kappa shape index (κ1) is 11.2. The molecule has 2 saturated heterocycles. The lowest BCUT2D eigenvalue weighted by molar-refractivity contribution is -0.194. The Balaban J connectivity index is 2.32. The third-order valence-electron chi connectivity index (χ3n) is 3.79. The van der Waals surface area contributed by atoms with Gasteiger partial charge in [0.05, 0.1) is 0 Å². The summed E-state index contributed by atoms with van der Waals surface area (Å²) >= 11 is 0. The molecule has 1 aliphatic carbocycles. The zero-order chi connectivity index (χ0) is 12.3. The largest absolute Gasteiger partial charge is 0.479 e. The second-order valence-corrected chi connectivity index (χ2v) is 4.40. The monoisotopic (exact) mass is 237 g/mol. The predicted octanol–water partition coefficient (Wildman–Crippen LogP) is 0.870. The Hall–Kier alpha value is -1.27. The third kappa shape index (κ3) is 1.11. The fourth-order valence-corrected chi connectivity index (χ4v) is 2.78. The maximum absolute atomic E-state index is 12.3. The van der Waals surface area contributed by atoms with E-state index in [0.29, 0.717) is 4.90 Å². The summed E-state index contributed by atoms with van der Waals surface area (Å²) < 4.78 is 36.8. The molecule has 0 aromatic rings. The number of alkyl halides is 3. The van der Waals surface area contributed by atoms with E-state index in [1.165, 1.54) is 0 Å². The minimum atomic E-state index is -5.00. The Morgan fingerprint density at radius 3 is 2.38 bits per heavy atom. The average Bonchev–Trinajstić information content (AvgIpc) is 2.66. The van der Waals surface area contributed by atoms with Crippen LogP contribution in [0.2, 0.25) is 0 Å². The van der Waals surface area contributed by atoms with E-state index in [1.807, 2.05) is 0 Å². The molecule has 90 valence electrons. The van der Waals surface area contributed by atoms with Gasteiger partial charge in [-0.1, -0.05) is 6.92 Å². The Morgan fingerprint density at radius 2 is 2.00 bits per heavy atom. The van der Waals surface area contributed by atoms with Crippen molar-refractivity contribution in [2.24, 2.45) is 11.8 Å². The highest BCUT2D eigenvalue weighted by Crippen LogP contribution is 2.56. The number of hydrogen-bond donors (Lipinski definition) is 1. The first-order valence-corrected chi connectivity index (χ1v) is 4.83. The van der Waals surface area contributed by atoms with Crippen LogP contribution in [0.5, 0.6) is 0 Å². The number of nitrogens with zero attached hydrogens (tertiary/aromatic N) is 1. The van der Waals surface area contributed by atoms with E-state index in [9.17, 15) is 22.8 Å². The molecule has 7 heteroatoms. The molecule has 0 aromatic carbocycles. The molecule has 0 unspecified atom stereocenters. The molecular weight excluding hydrogens is 227 g/mol. The molecule has 0 aromatic heterocycles. The Labute approximate surface area is 89.0 Å². The van der Waals surface area contributed by atoms with Crippen LogP contribution in [0, 0.1) is 11.8 Å². The van der Waals surface area contributed by atoms with Gasteiger partial charge in [0.25, 0.3) is 0 Å². The molecule has 3 atom stereocenters. The molecule has 4 nitrogen and oxygen atoms in total. The molecule has 1 amide bonds. The van der Waals surface area contributed by atoms with Crippen molar-refractivity contribution in [1.29, 1.82) is 0 Å². The van der Waals surface area contributed by atoms with Crippen molar-refractivity contribution in [3.8, 4) is 0 Å². The van der Waals surface area contributed by atoms with Gasteiger partial charge in [-0.25, -0.2) is 4.79 Å². The number of carboxylic acid groups (broad SMARTS) is 1. The van der Waals surface area contributed by atoms with E-state index in [0.717, 1.165) is 0 Å². The molecule has 0 radical (unpaired) electrons. The van der Waals surface area contributed by atoms with Gasteiger partial charge in [0.2, 0.25) is 0 Å². The lowest BCUT2D eigenvalue weighted by atomic mass is 9.64. The standard InChI is InChI=1S/C9H10F3NO3/c1-4-5-2-8(4,7(15)16)13(3-5)6(14)9(10,11)12/h4-5H,2-3H2,1H3,(H,15,16)/t4-,5+,8+/m1/s1.